The lowest BCUT2D eigenvalue weighted by Gasteiger charge is -2.27. The number of nitrogens with zero attached hydrogens (tertiary/aromatic N) is 2. The maximum atomic E-state index is 12.6. The number of likely N-dealkylation sites (N-methyl/N-ethyl adjacent to an activating group) is 1. The number of rotatable bonds is 7. The van der Waals surface area contributed by atoms with E-state index in [2.05, 4.69) is 0 Å². The van der Waals surface area contributed by atoms with Crippen molar-refractivity contribution in [3.63, 3.8) is 0 Å². The Bertz CT molecular complexity index is 455. The molecule has 0 bridgehead atoms. The molecule has 1 amide bonds. The molecule has 1 aliphatic carbocycles. The van der Waals surface area contributed by atoms with Crippen molar-refractivity contribution in [2.75, 3.05) is 19.6 Å². The van der Waals surface area contributed by atoms with Gasteiger partial charge in [0.1, 0.15) is 12.3 Å². The minimum Gasteiger partial charge on any atom is -0.467 e. The van der Waals surface area contributed by atoms with Crippen LogP contribution in [0.2, 0.25) is 0 Å². The van der Waals surface area contributed by atoms with Crippen LogP contribution < -0.4 is 0 Å². The maximum absolute atomic E-state index is 12.6. The molecule has 1 heterocycles. The van der Waals surface area contributed by atoms with Crippen LogP contribution in [0.5, 0.6) is 0 Å². The van der Waals surface area contributed by atoms with Gasteiger partial charge in [-0.3, -0.25) is 9.69 Å². The van der Waals surface area contributed by atoms with Crippen LogP contribution >= 0.6 is 0 Å². The van der Waals surface area contributed by atoms with E-state index in [4.69, 9.17) is 4.42 Å². The van der Waals surface area contributed by atoms with E-state index < -0.39 is 18.6 Å². The van der Waals surface area contributed by atoms with Gasteiger partial charge in [-0.05, 0) is 31.5 Å². The Morgan fingerprint density at radius 2 is 2.14 bits per heavy atom. The van der Waals surface area contributed by atoms with Crippen LogP contribution in [0.25, 0.3) is 0 Å². The van der Waals surface area contributed by atoms with Crippen molar-refractivity contribution in [2.24, 2.45) is 0 Å². The summed E-state index contributed by atoms with van der Waals surface area (Å²) < 4.78 is 43.0. The molecule has 0 atom stereocenters. The topological polar surface area (TPSA) is 36.7 Å². The highest BCUT2D eigenvalue weighted by molar-refractivity contribution is 5.78. The monoisotopic (exact) mass is 304 g/mol. The Morgan fingerprint density at radius 1 is 1.43 bits per heavy atom. The predicted molar refractivity (Wildman–Crippen MR) is 70.4 cm³/mol. The van der Waals surface area contributed by atoms with Gasteiger partial charge < -0.3 is 9.32 Å². The maximum Gasteiger partial charge on any atom is 0.406 e. The highest BCUT2D eigenvalue weighted by Crippen LogP contribution is 2.26. The molecule has 0 saturated heterocycles. The fraction of sp³-hybridized carbons (Fsp3) is 0.643. The summed E-state index contributed by atoms with van der Waals surface area (Å²) in [6, 6.07) is 3.50. The molecule has 2 rings (SSSR count). The zero-order valence-electron chi connectivity index (χ0n) is 11.9. The van der Waals surface area contributed by atoms with E-state index in [0.29, 0.717) is 18.3 Å². The van der Waals surface area contributed by atoms with Crippen molar-refractivity contribution in [1.82, 2.24) is 9.80 Å². The van der Waals surface area contributed by atoms with Gasteiger partial charge in [0.25, 0.3) is 0 Å². The van der Waals surface area contributed by atoms with E-state index >= 15 is 0 Å². The molecule has 0 aliphatic heterocycles. The molecular formula is C14H19F3N2O2. The zero-order chi connectivity index (χ0) is 15.5. The van der Waals surface area contributed by atoms with Crippen molar-refractivity contribution in [3.8, 4) is 0 Å². The van der Waals surface area contributed by atoms with Crippen LogP contribution in [0.4, 0.5) is 13.2 Å². The molecule has 0 unspecified atom stereocenters. The first-order chi connectivity index (χ1) is 9.89. The fourth-order valence-corrected chi connectivity index (χ4v) is 2.25. The summed E-state index contributed by atoms with van der Waals surface area (Å²) in [5.41, 5.74) is 0. The molecule has 4 nitrogen and oxygen atoms in total. The average molecular weight is 304 g/mol. The van der Waals surface area contributed by atoms with Gasteiger partial charge in [0, 0.05) is 6.04 Å². The van der Waals surface area contributed by atoms with E-state index in [-0.39, 0.29) is 13.1 Å². The minimum atomic E-state index is -4.42. The number of carbonyl (C=O) groups excluding carboxylic acids is 1. The summed E-state index contributed by atoms with van der Waals surface area (Å²) >= 11 is 0. The Kier molecular flexibility index (Phi) is 4.92. The third kappa shape index (κ3) is 5.08. The molecule has 1 saturated carbocycles. The van der Waals surface area contributed by atoms with Crippen LogP contribution in [0.1, 0.15) is 25.5 Å². The second-order valence-corrected chi connectivity index (χ2v) is 5.24. The molecule has 118 valence electrons. The van der Waals surface area contributed by atoms with Gasteiger partial charge in [-0.2, -0.15) is 13.2 Å². The van der Waals surface area contributed by atoms with Crippen molar-refractivity contribution >= 4 is 5.91 Å². The lowest BCUT2D eigenvalue weighted by Crippen LogP contribution is -2.44. The van der Waals surface area contributed by atoms with E-state index in [0.717, 1.165) is 17.7 Å². The van der Waals surface area contributed by atoms with Gasteiger partial charge in [0.2, 0.25) is 5.91 Å². The molecule has 21 heavy (non-hydrogen) atoms. The van der Waals surface area contributed by atoms with Crippen LogP contribution in [0.3, 0.4) is 0 Å². The van der Waals surface area contributed by atoms with Gasteiger partial charge in [-0.15, -0.1) is 0 Å². The largest absolute Gasteiger partial charge is 0.467 e. The zero-order valence-corrected chi connectivity index (χ0v) is 11.9. The second-order valence-electron chi connectivity index (χ2n) is 5.24. The first kappa shape index (κ1) is 15.9. The predicted octanol–water partition coefficient (Wildman–Crippen LogP) is 2.65. The number of furan rings is 1. The van der Waals surface area contributed by atoms with Crippen molar-refractivity contribution in [1.29, 1.82) is 0 Å². The number of carbonyl (C=O) groups is 1. The lowest BCUT2D eigenvalue weighted by atomic mass is 10.3. The van der Waals surface area contributed by atoms with Crippen molar-refractivity contribution in [3.05, 3.63) is 24.2 Å². The Labute approximate surface area is 121 Å². The van der Waals surface area contributed by atoms with Gasteiger partial charge in [-0.1, -0.05) is 6.92 Å². The Morgan fingerprint density at radius 3 is 2.62 bits per heavy atom. The van der Waals surface area contributed by atoms with Crippen molar-refractivity contribution in [2.45, 2.75) is 38.5 Å². The van der Waals surface area contributed by atoms with E-state index in [1.807, 2.05) is 11.8 Å². The van der Waals surface area contributed by atoms with E-state index in [9.17, 15) is 18.0 Å². The summed E-state index contributed by atoms with van der Waals surface area (Å²) in [5, 5.41) is 0. The summed E-state index contributed by atoms with van der Waals surface area (Å²) in [5.74, 6) is -0.167. The third-order valence-electron chi connectivity index (χ3n) is 3.46. The highest BCUT2D eigenvalue weighted by Gasteiger charge is 2.35. The molecule has 1 aromatic rings. The van der Waals surface area contributed by atoms with Crippen molar-refractivity contribution < 1.29 is 22.4 Å². The first-order valence-corrected chi connectivity index (χ1v) is 7.00. The molecule has 0 aromatic carbocycles. The molecule has 0 N–H and O–H groups in total. The average Bonchev–Trinajstić information content (AvgIpc) is 3.11. The standard InChI is InChI=1S/C14H19F3N2O2/c1-2-18(11-5-6-11)9-13(20)19(10-14(15,16)17)8-12-4-3-7-21-12/h3-4,7,11H,2,5-6,8-10H2,1H3. The number of alkyl halides is 3. The van der Waals surface area contributed by atoms with Gasteiger partial charge in [0.15, 0.2) is 0 Å². The molecule has 1 aliphatic rings. The first-order valence-electron chi connectivity index (χ1n) is 7.00. The van der Waals surface area contributed by atoms with Gasteiger partial charge in [-0.25, -0.2) is 0 Å². The smallest absolute Gasteiger partial charge is 0.406 e. The molecule has 0 spiro atoms. The van der Waals surface area contributed by atoms with Crippen LogP contribution in [-0.4, -0.2) is 47.6 Å². The molecule has 7 heteroatoms. The summed E-state index contributed by atoms with van der Waals surface area (Å²) in [4.78, 5) is 14.9. The van der Waals surface area contributed by atoms with Gasteiger partial charge >= 0.3 is 6.18 Å². The van der Waals surface area contributed by atoms with E-state index in [1.165, 1.54) is 6.26 Å². The Balaban J connectivity index is 2.00. The molecule has 1 fully saturated rings. The summed E-state index contributed by atoms with van der Waals surface area (Å²) in [6.07, 6.45) is -1.01. The number of halogens is 3. The second kappa shape index (κ2) is 6.51. The van der Waals surface area contributed by atoms with Crippen LogP contribution in [0, 0.1) is 0 Å². The number of hydrogen-bond donors (Lipinski definition) is 0. The number of amides is 1. The third-order valence-corrected chi connectivity index (χ3v) is 3.46. The quantitative estimate of drug-likeness (QED) is 0.777. The molecule has 1 aromatic heterocycles. The highest BCUT2D eigenvalue weighted by atomic mass is 19.4. The minimum absolute atomic E-state index is 0.0257. The van der Waals surface area contributed by atoms with Gasteiger partial charge in [0.05, 0.1) is 19.4 Å². The fourth-order valence-electron chi connectivity index (χ4n) is 2.25. The molecule has 0 radical (unpaired) electrons. The number of hydrogen-bond acceptors (Lipinski definition) is 3. The summed E-state index contributed by atoms with van der Waals surface area (Å²) in [6.45, 7) is 1.18. The summed E-state index contributed by atoms with van der Waals surface area (Å²) in [7, 11) is 0. The normalized spacial score (nSPS) is 15.5. The van der Waals surface area contributed by atoms with Crippen LogP contribution in [-0.2, 0) is 11.3 Å². The Hall–Kier alpha value is -1.50. The van der Waals surface area contributed by atoms with Crippen LogP contribution in [0.15, 0.2) is 22.8 Å². The molecular weight excluding hydrogens is 285 g/mol. The lowest BCUT2D eigenvalue weighted by molar-refractivity contribution is -0.163. The van der Waals surface area contributed by atoms with E-state index in [1.54, 1.807) is 12.1 Å². The SMILES string of the molecule is CCN(CC(=O)N(Cc1ccco1)CC(F)(F)F)C1CC1.